The third-order valence-electron chi connectivity index (χ3n) is 3.10. The summed E-state index contributed by atoms with van der Waals surface area (Å²) in [5, 5.41) is 1.01. The van der Waals surface area contributed by atoms with E-state index in [4.69, 9.17) is 0 Å². The minimum absolute atomic E-state index is 0.187. The van der Waals surface area contributed by atoms with Crippen LogP contribution in [0.4, 0.5) is 0 Å². The maximum absolute atomic E-state index is 11.8. The summed E-state index contributed by atoms with van der Waals surface area (Å²) in [6, 6.07) is 4.07. The van der Waals surface area contributed by atoms with Crippen molar-refractivity contribution in [2.45, 2.75) is 26.8 Å². The molecule has 0 spiro atoms. The summed E-state index contributed by atoms with van der Waals surface area (Å²) in [7, 11) is 0. The van der Waals surface area contributed by atoms with Gasteiger partial charge in [0.15, 0.2) is 0 Å². The minimum Gasteiger partial charge on any atom is -0.291 e. The van der Waals surface area contributed by atoms with Crippen LogP contribution in [0.1, 0.15) is 17.5 Å². The average molecular weight is 228 g/mol. The Morgan fingerprint density at radius 2 is 2.18 bits per heavy atom. The summed E-state index contributed by atoms with van der Waals surface area (Å²) in [5.41, 5.74) is 3.14. The Bertz CT molecular complexity index is 626. The quantitative estimate of drug-likeness (QED) is 0.757. The van der Waals surface area contributed by atoms with Crippen molar-refractivity contribution in [3.63, 3.8) is 0 Å². The molecule has 0 radical (unpaired) electrons. The van der Waals surface area contributed by atoms with Gasteiger partial charge in [0.05, 0.1) is 5.52 Å². The van der Waals surface area contributed by atoms with E-state index in [1.807, 2.05) is 19.1 Å². The monoisotopic (exact) mass is 228 g/mol. The van der Waals surface area contributed by atoms with Gasteiger partial charge in [0.25, 0.3) is 0 Å². The molecule has 0 amide bonds. The number of benzene rings is 1. The van der Waals surface area contributed by atoms with Gasteiger partial charge in [0, 0.05) is 18.1 Å². The van der Waals surface area contributed by atoms with Crippen LogP contribution < -0.4 is 5.69 Å². The molecule has 0 aliphatic rings. The number of allylic oxidation sites excluding steroid dienone is 1. The van der Waals surface area contributed by atoms with E-state index in [0.29, 0.717) is 6.54 Å². The average Bonchev–Trinajstić information content (AvgIpc) is 2.33. The summed E-state index contributed by atoms with van der Waals surface area (Å²) < 4.78 is 1.74. The third kappa shape index (κ3) is 2.00. The van der Waals surface area contributed by atoms with Crippen LogP contribution in [-0.4, -0.2) is 9.55 Å². The van der Waals surface area contributed by atoms with Gasteiger partial charge in [0.2, 0.25) is 0 Å². The van der Waals surface area contributed by atoms with Gasteiger partial charge < -0.3 is 0 Å². The molecule has 0 aliphatic heterocycles. The predicted molar refractivity (Wildman–Crippen MR) is 70.3 cm³/mol. The highest BCUT2D eigenvalue weighted by Crippen LogP contribution is 2.19. The van der Waals surface area contributed by atoms with E-state index < -0.39 is 0 Å². The molecule has 0 aliphatic carbocycles. The Hall–Kier alpha value is -1.90. The Morgan fingerprint density at radius 3 is 2.88 bits per heavy atom. The van der Waals surface area contributed by atoms with Crippen LogP contribution >= 0.6 is 0 Å². The molecule has 3 nitrogen and oxygen atoms in total. The van der Waals surface area contributed by atoms with Crippen LogP contribution in [0.2, 0.25) is 0 Å². The zero-order chi connectivity index (χ0) is 12.4. The largest absolute Gasteiger partial charge is 0.348 e. The van der Waals surface area contributed by atoms with Crippen LogP contribution in [0.5, 0.6) is 0 Å². The highest BCUT2D eigenvalue weighted by Gasteiger charge is 2.07. The molecule has 0 bridgehead atoms. The van der Waals surface area contributed by atoms with Crippen LogP contribution in [-0.2, 0) is 6.54 Å². The summed E-state index contributed by atoms with van der Waals surface area (Å²) in [5.74, 6) is 0. The Morgan fingerprint density at radius 1 is 1.41 bits per heavy atom. The number of fused-ring (bicyclic) bond motifs is 1. The molecule has 0 fully saturated rings. The van der Waals surface area contributed by atoms with Crippen LogP contribution in [0.15, 0.2) is 35.8 Å². The summed E-state index contributed by atoms with van der Waals surface area (Å²) in [6.07, 6.45) is 4.24. The minimum atomic E-state index is -0.187. The number of aryl methyl sites for hydroxylation is 3. The molecule has 0 saturated heterocycles. The van der Waals surface area contributed by atoms with Crippen molar-refractivity contribution in [1.29, 1.82) is 0 Å². The topological polar surface area (TPSA) is 34.9 Å². The fourth-order valence-corrected chi connectivity index (χ4v) is 2.00. The van der Waals surface area contributed by atoms with E-state index in [1.165, 1.54) is 5.56 Å². The van der Waals surface area contributed by atoms with E-state index in [-0.39, 0.29) is 5.69 Å². The van der Waals surface area contributed by atoms with Crippen molar-refractivity contribution >= 4 is 10.9 Å². The first-order valence-corrected chi connectivity index (χ1v) is 5.72. The standard InChI is InChI=1S/C14H16N2O/c1-4-5-8-16-13-11(3)10(2)6-7-12(13)9-15-14(16)17/h4,6-7,9H,1,5,8H2,2-3H3. The van der Waals surface area contributed by atoms with E-state index in [0.717, 1.165) is 22.9 Å². The predicted octanol–water partition coefficient (Wildman–Crippen LogP) is 2.59. The maximum atomic E-state index is 11.8. The van der Waals surface area contributed by atoms with Crippen LogP contribution in [0.25, 0.3) is 10.9 Å². The van der Waals surface area contributed by atoms with Crippen LogP contribution in [0, 0.1) is 13.8 Å². The fraction of sp³-hybridized carbons (Fsp3) is 0.286. The molecule has 0 saturated carbocycles. The van der Waals surface area contributed by atoms with Gasteiger partial charge in [0.1, 0.15) is 0 Å². The van der Waals surface area contributed by atoms with Gasteiger partial charge in [-0.15, -0.1) is 6.58 Å². The van der Waals surface area contributed by atoms with Crippen molar-refractivity contribution in [2.75, 3.05) is 0 Å². The summed E-state index contributed by atoms with van der Waals surface area (Å²) in [4.78, 5) is 15.7. The van der Waals surface area contributed by atoms with Crippen molar-refractivity contribution < 1.29 is 0 Å². The lowest BCUT2D eigenvalue weighted by Gasteiger charge is -2.12. The molecule has 1 heterocycles. The lowest BCUT2D eigenvalue weighted by atomic mass is 10.1. The lowest BCUT2D eigenvalue weighted by molar-refractivity contribution is 0.686. The second-order valence-corrected chi connectivity index (χ2v) is 4.22. The van der Waals surface area contributed by atoms with Crippen molar-refractivity contribution in [1.82, 2.24) is 9.55 Å². The second-order valence-electron chi connectivity index (χ2n) is 4.22. The van der Waals surface area contributed by atoms with Gasteiger partial charge >= 0.3 is 5.69 Å². The maximum Gasteiger partial charge on any atom is 0.348 e. The van der Waals surface area contributed by atoms with Crippen LogP contribution in [0.3, 0.4) is 0 Å². The fourth-order valence-electron chi connectivity index (χ4n) is 2.00. The second kappa shape index (κ2) is 4.53. The molecule has 3 heteroatoms. The van der Waals surface area contributed by atoms with Gasteiger partial charge in [-0.25, -0.2) is 9.78 Å². The first-order valence-electron chi connectivity index (χ1n) is 5.72. The van der Waals surface area contributed by atoms with Crippen molar-refractivity contribution in [3.8, 4) is 0 Å². The Labute approximate surface area is 100 Å². The SMILES string of the molecule is C=CCCn1c(=O)ncc2ccc(C)c(C)c21. The van der Waals surface area contributed by atoms with Crippen molar-refractivity contribution in [3.05, 3.63) is 52.6 Å². The molecule has 17 heavy (non-hydrogen) atoms. The molecule has 2 aromatic rings. The van der Waals surface area contributed by atoms with Gasteiger partial charge in [-0.1, -0.05) is 18.2 Å². The van der Waals surface area contributed by atoms with E-state index in [9.17, 15) is 4.79 Å². The molecule has 88 valence electrons. The normalized spacial score (nSPS) is 10.7. The van der Waals surface area contributed by atoms with E-state index in [1.54, 1.807) is 10.8 Å². The van der Waals surface area contributed by atoms with E-state index >= 15 is 0 Å². The van der Waals surface area contributed by atoms with Crippen molar-refractivity contribution in [2.24, 2.45) is 0 Å². The Balaban J connectivity index is 2.78. The number of hydrogen-bond acceptors (Lipinski definition) is 2. The number of hydrogen-bond donors (Lipinski definition) is 0. The summed E-state index contributed by atoms with van der Waals surface area (Å²) in [6.45, 7) is 8.42. The molecular weight excluding hydrogens is 212 g/mol. The molecule has 2 rings (SSSR count). The molecule has 0 N–H and O–H groups in total. The number of nitrogens with zero attached hydrogens (tertiary/aromatic N) is 2. The zero-order valence-electron chi connectivity index (χ0n) is 10.2. The first kappa shape index (κ1) is 11.6. The van der Waals surface area contributed by atoms with Gasteiger partial charge in [-0.05, 0) is 31.4 Å². The first-order chi connectivity index (χ1) is 8.15. The van der Waals surface area contributed by atoms with Gasteiger partial charge in [-0.2, -0.15) is 0 Å². The third-order valence-corrected chi connectivity index (χ3v) is 3.10. The molecule has 1 aromatic heterocycles. The molecular formula is C14H16N2O. The Kier molecular flexibility index (Phi) is 3.09. The molecule has 0 atom stereocenters. The lowest BCUT2D eigenvalue weighted by Crippen LogP contribution is -2.23. The smallest absolute Gasteiger partial charge is 0.291 e. The van der Waals surface area contributed by atoms with E-state index in [2.05, 4.69) is 24.6 Å². The summed E-state index contributed by atoms with van der Waals surface area (Å²) >= 11 is 0. The zero-order valence-corrected chi connectivity index (χ0v) is 10.2. The number of aromatic nitrogens is 2. The molecule has 0 unspecified atom stereocenters. The van der Waals surface area contributed by atoms with Gasteiger partial charge in [-0.3, -0.25) is 4.57 Å². The molecule has 1 aromatic carbocycles. The number of rotatable bonds is 3. The highest BCUT2D eigenvalue weighted by atomic mass is 16.1. The highest BCUT2D eigenvalue weighted by molar-refractivity contribution is 5.82.